The van der Waals surface area contributed by atoms with Crippen LogP contribution in [0.2, 0.25) is 0 Å². The van der Waals surface area contributed by atoms with E-state index in [4.69, 9.17) is 0 Å². The Kier molecular flexibility index (Phi) is 5.03. The highest BCUT2D eigenvalue weighted by molar-refractivity contribution is 8.07. The average molecular weight is 251 g/mol. The van der Waals surface area contributed by atoms with Crippen LogP contribution in [0, 0.1) is 6.92 Å². The van der Waals surface area contributed by atoms with Gasteiger partial charge in [-0.3, -0.25) is 0 Å². The minimum atomic E-state index is 0.993. The zero-order chi connectivity index (χ0) is 12.1. The number of thioether (sulfide) groups is 1. The molecule has 0 saturated carbocycles. The smallest absolute Gasteiger partial charge is 0.0907 e. The minimum absolute atomic E-state index is 0.993. The molecule has 0 radical (unpaired) electrons. The zero-order valence-corrected chi connectivity index (χ0v) is 11.8. The summed E-state index contributed by atoms with van der Waals surface area (Å²) in [5.41, 5.74) is 0. The van der Waals surface area contributed by atoms with Crippen LogP contribution in [0.3, 0.4) is 0 Å². The molecule has 0 atom stereocenters. The Balaban J connectivity index is 3.07. The number of hydrogen-bond acceptors (Lipinski definition) is 3. The van der Waals surface area contributed by atoms with Crippen molar-refractivity contribution in [3.05, 3.63) is 36.9 Å². The Hall–Kier alpha value is -0.800. The number of rotatable bonds is 3. The topological polar surface area (TPSA) is 12.9 Å². The van der Waals surface area contributed by atoms with Crippen molar-refractivity contribution in [3.8, 4) is 0 Å². The van der Waals surface area contributed by atoms with Gasteiger partial charge in [-0.05, 0) is 38.7 Å². The number of aryl methyl sites for hydroxylation is 1. The molecule has 0 aliphatic heterocycles. The number of allylic oxidation sites excluding steroid dienone is 4. The lowest BCUT2D eigenvalue weighted by Crippen LogP contribution is -2.19. The monoisotopic (exact) mass is 251 g/mol. The van der Waals surface area contributed by atoms with Gasteiger partial charge in [0.1, 0.15) is 0 Å². The summed E-state index contributed by atoms with van der Waals surface area (Å²) in [5, 5.41) is 2.06. The Bertz CT molecular complexity index is 521. The summed E-state index contributed by atoms with van der Waals surface area (Å²) in [6.07, 6.45) is 6.31. The van der Waals surface area contributed by atoms with Crippen molar-refractivity contribution in [2.24, 2.45) is 0 Å². The summed E-state index contributed by atoms with van der Waals surface area (Å²) in [6.45, 7) is 12.2. The molecule has 0 bridgehead atoms. The molecule has 1 aromatic rings. The van der Waals surface area contributed by atoms with Gasteiger partial charge in [0, 0.05) is 9.44 Å². The van der Waals surface area contributed by atoms with E-state index in [1.165, 1.54) is 9.81 Å². The lowest BCUT2D eigenvalue weighted by Gasteiger charge is -1.99. The molecule has 1 nitrogen and oxygen atoms in total. The standard InChI is InChI=1S/C13H17NS2/c1-6-9(3)15-12(7-2)8-13-10(4)16-11(5)14-13/h6-8H,4H2,1-3,5H3/b9-6?,12-7-,13-8+. The van der Waals surface area contributed by atoms with Crippen molar-refractivity contribution >= 4 is 35.8 Å². The van der Waals surface area contributed by atoms with Gasteiger partial charge in [0.05, 0.1) is 10.4 Å². The molecule has 1 aromatic heterocycles. The Labute approximate surface area is 105 Å². The highest BCUT2D eigenvalue weighted by Crippen LogP contribution is 2.25. The molecular weight excluding hydrogens is 234 g/mol. The summed E-state index contributed by atoms with van der Waals surface area (Å²) in [5.74, 6) is 0. The number of aromatic nitrogens is 1. The lowest BCUT2D eigenvalue weighted by atomic mass is 10.4. The first-order chi connectivity index (χ1) is 7.56. The second-order valence-electron chi connectivity index (χ2n) is 3.38. The van der Waals surface area contributed by atoms with E-state index in [0.29, 0.717) is 0 Å². The van der Waals surface area contributed by atoms with Crippen molar-refractivity contribution in [2.75, 3.05) is 0 Å². The van der Waals surface area contributed by atoms with Crippen LogP contribution in [0.25, 0.3) is 12.7 Å². The van der Waals surface area contributed by atoms with Crippen LogP contribution in [0.4, 0.5) is 0 Å². The van der Waals surface area contributed by atoms with Gasteiger partial charge in [-0.25, -0.2) is 4.98 Å². The van der Waals surface area contributed by atoms with Crippen LogP contribution in [0.1, 0.15) is 25.8 Å². The molecular formula is C13H17NS2. The van der Waals surface area contributed by atoms with Gasteiger partial charge in [-0.1, -0.05) is 30.5 Å². The van der Waals surface area contributed by atoms with Gasteiger partial charge in [0.15, 0.2) is 0 Å². The van der Waals surface area contributed by atoms with Gasteiger partial charge in [-0.2, -0.15) is 0 Å². The maximum Gasteiger partial charge on any atom is 0.0907 e. The summed E-state index contributed by atoms with van der Waals surface area (Å²) in [4.78, 5) is 6.97. The van der Waals surface area contributed by atoms with E-state index in [1.807, 2.05) is 13.8 Å². The summed E-state index contributed by atoms with van der Waals surface area (Å²) in [7, 11) is 0. The zero-order valence-electron chi connectivity index (χ0n) is 10.2. The summed E-state index contributed by atoms with van der Waals surface area (Å²) < 4.78 is 1.04. The molecule has 0 aliphatic rings. The molecule has 0 aliphatic carbocycles. The SMILES string of the molecule is C=c1sc(C)n/c1=C/C(=C/C)SC(C)=CC. The molecule has 0 amide bonds. The van der Waals surface area contributed by atoms with E-state index in [-0.39, 0.29) is 0 Å². The third kappa shape index (κ3) is 3.65. The van der Waals surface area contributed by atoms with Crippen molar-refractivity contribution in [1.29, 1.82) is 0 Å². The fourth-order valence-electron chi connectivity index (χ4n) is 1.15. The Morgan fingerprint density at radius 2 is 2.06 bits per heavy atom. The van der Waals surface area contributed by atoms with E-state index in [9.17, 15) is 0 Å². The normalized spacial score (nSPS) is 14.6. The molecule has 1 rings (SSSR count). The molecule has 0 fully saturated rings. The molecule has 1 heterocycles. The van der Waals surface area contributed by atoms with E-state index in [2.05, 4.69) is 43.6 Å². The fraction of sp³-hybridized carbons (Fsp3) is 0.308. The quantitative estimate of drug-likeness (QED) is 0.818. The number of hydrogen-bond donors (Lipinski definition) is 0. The third-order valence-electron chi connectivity index (χ3n) is 2.08. The van der Waals surface area contributed by atoms with Gasteiger partial charge in [0.2, 0.25) is 0 Å². The first kappa shape index (κ1) is 13.3. The maximum atomic E-state index is 4.46. The number of thiazole rings is 1. The van der Waals surface area contributed by atoms with Gasteiger partial charge in [0.25, 0.3) is 0 Å². The van der Waals surface area contributed by atoms with Crippen LogP contribution < -0.4 is 9.88 Å². The molecule has 16 heavy (non-hydrogen) atoms. The molecule has 0 aromatic carbocycles. The first-order valence-corrected chi connectivity index (χ1v) is 6.81. The molecule has 86 valence electrons. The van der Waals surface area contributed by atoms with Crippen LogP contribution in [-0.2, 0) is 0 Å². The van der Waals surface area contributed by atoms with E-state index in [0.717, 1.165) is 14.9 Å². The highest BCUT2D eigenvalue weighted by Gasteiger charge is 1.97. The van der Waals surface area contributed by atoms with Crippen molar-refractivity contribution < 1.29 is 0 Å². The highest BCUT2D eigenvalue weighted by atomic mass is 32.2. The fourth-order valence-corrected chi connectivity index (χ4v) is 2.64. The molecule has 0 N–H and O–H groups in total. The van der Waals surface area contributed by atoms with Gasteiger partial charge >= 0.3 is 0 Å². The Morgan fingerprint density at radius 1 is 1.38 bits per heavy atom. The predicted octanol–water partition coefficient (Wildman–Crippen LogP) is 3.20. The predicted molar refractivity (Wildman–Crippen MR) is 76.9 cm³/mol. The number of nitrogens with zero attached hydrogens (tertiary/aromatic N) is 1. The van der Waals surface area contributed by atoms with E-state index >= 15 is 0 Å². The first-order valence-electron chi connectivity index (χ1n) is 5.18. The largest absolute Gasteiger partial charge is 0.241 e. The minimum Gasteiger partial charge on any atom is -0.241 e. The second kappa shape index (κ2) is 6.06. The van der Waals surface area contributed by atoms with Crippen LogP contribution in [-0.4, -0.2) is 4.98 Å². The van der Waals surface area contributed by atoms with Crippen molar-refractivity contribution in [2.45, 2.75) is 27.7 Å². The lowest BCUT2D eigenvalue weighted by molar-refractivity contribution is 1.23. The second-order valence-corrected chi connectivity index (χ2v) is 5.99. The van der Waals surface area contributed by atoms with Crippen molar-refractivity contribution in [3.63, 3.8) is 0 Å². The van der Waals surface area contributed by atoms with Crippen LogP contribution in [0.15, 0.2) is 22.0 Å². The maximum absolute atomic E-state index is 4.46. The molecule has 0 saturated heterocycles. The molecule has 0 unspecified atom stereocenters. The summed E-state index contributed by atoms with van der Waals surface area (Å²) in [6, 6.07) is 0. The van der Waals surface area contributed by atoms with Crippen molar-refractivity contribution in [1.82, 2.24) is 4.98 Å². The Morgan fingerprint density at radius 3 is 2.50 bits per heavy atom. The average Bonchev–Trinajstić information content (AvgIpc) is 2.56. The van der Waals surface area contributed by atoms with Gasteiger partial charge in [-0.15, -0.1) is 11.3 Å². The van der Waals surface area contributed by atoms with Crippen LogP contribution >= 0.6 is 23.1 Å². The van der Waals surface area contributed by atoms with E-state index < -0.39 is 0 Å². The molecule has 0 spiro atoms. The van der Waals surface area contributed by atoms with Gasteiger partial charge < -0.3 is 0 Å². The molecule has 3 heteroatoms. The summed E-state index contributed by atoms with van der Waals surface area (Å²) >= 11 is 3.40. The van der Waals surface area contributed by atoms with E-state index in [1.54, 1.807) is 23.1 Å². The third-order valence-corrected chi connectivity index (χ3v) is 4.07. The van der Waals surface area contributed by atoms with Crippen LogP contribution in [0.5, 0.6) is 0 Å².